The van der Waals surface area contributed by atoms with Gasteiger partial charge in [0.1, 0.15) is 0 Å². The van der Waals surface area contributed by atoms with Crippen LogP contribution < -0.4 is 5.32 Å². The summed E-state index contributed by atoms with van der Waals surface area (Å²) in [5, 5.41) is 3.42. The van der Waals surface area contributed by atoms with Crippen molar-refractivity contribution in [1.82, 2.24) is 14.9 Å². The van der Waals surface area contributed by atoms with Crippen LogP contribution in [0.1, 0.15) is 26.0 Å². The molecule has 1 atom stereocenters. The number of imidazole rings is 1. The first-order valence-corrected chi connectivity index (χ1v) is 6.06. The average Bonchev–Trinajstić information content (AvgIpc) is 2.87. The lowest BCUT2D eigenvalue weighted by molar-refractivity contribution is 0.182. The van der Waals surface area contributed by atoms with E-state index in [9.17, 15) is 0 Å². The van der Waals surface area contributed by atoms with Crippen LogP contribution >= 0.6 is 0 Å². The largest absolute Gasteiger partial charge is 0.381 e. The van der Waals surface area contributed by atoms with E-state index in [2.05, 4.69) is 28.7 Å². The predicted molar refractivity (Wildman–Crippen MR) is 63.1 cm³/mol. The van der Waals surface area contributed by atoms with Crippen LogP contribution in [0.3, 0.4) is 0 Å². The summed E-state index contributed by atoms with van der Waals surface area (Å²) in [5.41, 5.74) is 1.26. The molecular weight excluding hydrogens is 202 g/mol. The van der Waals surface area contributed by atoms with Crippen molar-refractivity contribution in [3.63, 3.8) is 0 Å². The molecule has 0 radical (unpaired) electrons. The maximum Gasteiger partial charge on any atom is 0.0948 e. The maximum atomic E-state index is 5.39. The summed E-state index contributed by atoms with van der Waals surface area (Å²) < 4.78 is 7.64. The van der Waals surface area contributed by atoms with Crippen molar-refractivity contribution in [3.8, 4) is 0 Å². The van der Waals surface area contributed by atoms with E-state index in [1.54, 1.807) is 0 Å². The molecular formula is C12H21N3O. The molecule has 4 nitrogen and oxygen atoms in total. The van der Waals surface area contributed by atoms with E-state index >= 15 is 0 Å². The van der Waals surface area contributed by atoms with Gasteiger partial charge in [0.25, 0.3) is 0 Å². The van der Waals surface area contributed by atoms with E-state index in [-0.39, 0.29) is 0 Å². The van der Waals surface area contributed by atoms with E-state index in [1.165, 1.54) is 12.1 Å². The van der Waals surface area contributed by atoms with Crippen molar-refractivity contribution >= 4 is 0 Å². The van der Waals surface area contributed by atoms with Gasteiger partial charge in [-0.3, -0.25) is 0 Å². The molecule has 1 saturated heterocycles. The first-order valence-electron chi connectivity index (χ1n) is 6.06. The Hall–Kier alpha value is -0.870. The van der Waals surface area contributed by atoms with Gasteiger partial charge in [0.05, 0.1) is 18.6 Å². The Morgan fingerprint density at radius 1 is 1.62 bits per heavy atom. The van der Waals surface area contributed by atoms with Gasteiger partial charge in [-0.25, -0.2) is 4.98 Å². The Balaban J connectivity index is 1.90. The summed E-state index contributed by atoms with van der Waals surface area (Å²) in [4.78, 5) is 4.22. The van der Waals surface area contributed by atoms with Gasteiger partial charge in [0.2, 0.25) is 0 Å². The van der Waals surface area contributed by atoms with Crippen LogP contribution in [0, 0.1) is 5.92 Å². The summed E-state index contributed by atoms with van der Waals surface area (Å²) in [5.74, 6) is 0.659. The predicted octanol–water partition coefficient (Wildman–Crippen LogP) is 1.42. The first kappa shape index (κ1) is 11.6. The number of hydrogen-bond donors (Lipinski definition) is 1. The van der Waals surface area contributed by atoms with Crippen molar-refractivity contribution in [2.45, 2.75) is 39.4 Å². The van der Waals surface area contributed by atoms with Gasteiger partial charge in [0, 0.05) is 37.9 Å². The number of rotatable bonds is 5. The number of aromatic nitrogens is 2. The van der Waals surface area contributed by atoms with Crippen molar-refractivity contribution in [2.24, 2.45) is 5.92 Å². The quantitative estimate of drug-likeness (QED) is 0.820. The molecule has 1 fully saturated rings. The molecule has 1 aliphatic heterocycles. The van der Waals surface area contributed by atoms with Gasteiger partial charge in [-0.2, -0.15) is 0 Å². The molecule has 1 N–H and O–H groups in total. The van der Waals surface area contributed by atoms with Crippen molar-refractivity contribution in [1.29, 1.82) is 0 Å². The normalized spacial score (nSPS) is 20.8. The Kier molecular flexibility index (Phi) is 3.96. The Morgan fingerprint density at radius 2 is 2.50 bits per heavy atom. The van der Waals surface area contributed by atoms with Crippen LogP contribution in [-0.2, 0) is 17.8 Å². The summed E-state index contributed by atoms with van der Waals surface area (Å²) >= 11 is 0. The average molecular weight is 223 g/mol. The number of ether oxygens (including phenoxy) is 1. The first-order chi connectivity index (χ1) is 7.75. The second-order valence-electron chi connectivity index (χ2n) is 4.80. The molecule has 1 aromatic rings. The number of nitrogens with zero attached hydrogens (tertiary/aromatic N) is 2. The zero-order valence-electron chi connectivity index (χ0n) is 10.1. The highest BCUT2D eigenvalue weighted by Crippen LogP contribution is 2.15. The van der Waals surface area contributed by atoms with Gasteiger partial charge >= 0.3 is 0 Å². The molecule has 4 heteroatoms. The number of nitrogens with one attached hydrogen (secondary N) is 1. The third-order valence-electron chi connectivity index (χ3n) is 2.97. The van der Waals surface area contributed by atoms with E-state index in [0.717, 1.165) is 26.3 Å². The van der Waals surface area contributed by atoms with E-state index in [4.69, 9.17) is 4.74 Å². The molecule has 90 valence electrons. The van der Waals surface area contributed by atoms with E-state index in [0.29, 0.717) is 12.0 Å². The molecule has 1 aromatic heterocycles. The van der Waals surface area contributed by atoms with Gasteiger partial charge in [0.15, 0.2) is 0 Å². The van der Waals surface area contributed by atoms with Crippen LogP contribution in [0.15, 0.2) is 12.5 Å². The van der Waals surface area contributed by atoms with Crippen LogP contribution in [0.4, 0.5) is 0 Å². The molecule has 0 aliphatic carbocycles. The fourth-order valence-corrected chi connectivity index (χ4v) is 1.97. The SMILES string of the molecule is CC(C)NCc1cncn1CC1CCOC1. The molecule has 0 amide bonds. The lowest BCUT2D eigenvalue weighted by atomic mass is 10.1. The molecule has 0 bridgehead atoms. The Labute approximate surface area is 97.0 Å². The topological polar surface area (TPSA) is 39.1 Å². The van der Waals surface area contributed by atoms with Gasteiger partial charge in [-0.1, -0.05) is 13.8 Å². The third-order valence-corrected chi connectivity index (χ3v) is 2.97. The minimum absolute atomic E-state index is 0.512. The van der Waals surface area contributed by atoms with Crippen LogP contribution in [0.5, 0.6) is 0 Å². The Morgan fingerprint density at radius 3 is 3.19 bits per heavy atom. The molecule has 2 rings (SSSR count). The molecule has 1 unspecified atom stereocenters. The smallest absolute Gasteiger partial charge is 0.0948 e. The molecule has 1 aliphatic rings. The summed E-state index contributed by atoms with van der Waals surface area (Å²) in [6, 6.07) is 0.512. The van der Waals surface area contributed by atoms with Crippen molar-refractivity contribution in [2.75, 3.05) is 13.2 Å². The van der Waals surface area contributed by atoms with Gasteiger partial charge < -0.3 is 14.6 Å². The molecule has 0 saturated carbocycles. The maximum absolute atomic E-state index is 5.39. The summed E-state index contributed by atoms with van der Waals surface area (Å²) in [7, 11) is 0. The minimum Gasteiger partial charge on any atom is -0.381 e. The summed E-state index contributed by atoms with van der Waals surface area (Å²) in [6.45, 7) is 8.06. The second-order valence-corrected chi connectivity index (χ2v) is 4.80. The fraction of sp³-hybridized carbons (Fsp3) is 0.750. The number of hydrogen-bond acceptors (Lipinski definition) is 3. The monoisotopic (exact) mass is 223 g/mol. The molecule has 0 spiro atoms. The fourth-order valence-electron chi connectivity index (χ4n) is 1.97. The zero-order valence-corrected chi connectivity index (χ0v) is 10.1. The van der Waals surface area contributed by atoms with Crippen LogP contribution in [0.25, 0.3) is 0 Å². The highest BCUT2D eigenvalue weighted by molar-refractivity contribution is 4.98. The molecule has 2 heterocycles. The lowest BCUT2D eigenvalue weighted by Crippen LogP contribution is -2.24. The summed E-state index contributed by atoms with van der Waals surface area (Å²) in [6.07, 6.45) is 5.05. The highest BCUT2D eigenvalue weighted by atomic mass is 16.5. The Bertz CT molecular complexity index is 316. The lowest BCUT2D eigenvalue weighted by Gasteiger charge is -2.13. The van der Waals surface area contributed by atoms with E-state index in [1.807, 2.05) is 12.5 Å². The second kappa shape index (κ2) is 5.46. The molecule has 16 heavy (non-hydrogen) atoms. The zero-order chi connectivity index (χ0) is 11.4. The van der Waals surface area contributed by atoms with Crippen molar-refractivity contribution < 1.29 is 4.74 Å². The standard InChI is InChI=1S/C12H21N3O/c1-10(2)14-6-12-5-13-9-15(12)7-11-3-4-16-8-11/h5,9-11,14H,3-4,6-8H2,1-2H3. The van der Waals surface area contributed by atoms with Gasteiger partial charge in [-0.15, -0.1) is 0 Å². The molecule has 0 aromatic carbocycles. The van der Waals surface area contributed by atoms with Crippen molar-refractivity contribution in [3.05, 3.63) is 18.2 Å². The minimum atomic E-state index is 0.512. The van der Waals surface area contributed by atoms with Crippen LogP contribution in [0.2, 0.25) is 0 Å². The van der Waals surface area contributed by atoms with Gasteiger partial charge in [-0.05, 0) is 6.42 Å². The van der Waals surface area contributed by atoms with E-state index < -0.39 is 0 Å². The van der Waals surface area contributed by atoms with Crippen LogP contribution in [-0.4, -0.2) is 28.8 Å². The highest BCUT2D eigenvalue weighted by Gasteiger charge is 2.17. The third kappa shape index (κ3) is 3.06.